The molecule has 0 bridgehead atoms. The maximum atomic E-state index is 11.2. The molecule has 0 aromatic carbocycles. The van der Waals surface area contributed by atoms with E-state index in [4.69, 9.17) is 0 Å². The van der Waals surface area contributed by atoms with Crippen LogP contribution in [-0.4, -0.2) is 5.78 Å². The van der Waals surface area contributed by atoms with Crippen LogP contribution in [0.1, 0.15) is 41.5 Å². The van der Waals surface area contributed by atoms with Gasteiger partial charge >= 0.3 is 0 Å². The summed E-state index contributed by atoms with van der Waals surface area (Å²) in [5, 5.41) is 0. The predicted molar refractivity (Wildman–Crippen MR) is 48.5 cm³/mol. The molecule has 0 amide bonds. The molecule has 0 rings (SSSR count). The molecule has 66 valence electrons. The Morgan fingerprint density at radius 1 is 1.18 bits per heavy atom. The quantitative estimate of drug-likeness (QED) is 0.601. The summed E-state index contributed by atoms with van der Waals surface area (Å²) in [6.07, 6.45) is 0. The van der Waals surface area contributed by atoms with Gasteiger partial charge in [-0.1, -0.05) is 34.6 Å². The van der Waals surface area contributed by atoms with E-state index in [0.29, 0.717) is 11.7 Å². The van der Waals surface area contributed by atoms with E-state index in [1.807, 2.05) is 0 Å². The van der Waals surface area contributed by atoms with Gasteiger partial charge < -0.3 is 0 Å². The van der Waals surface area contributed by atoms with Crippen LogP contribution in [0.5, 0.6) is 0 Å². The topological polar surface area (TPSA) is 17.1 Å². The summed E-state index contributed by atoms with van der Waals surface area (Å²) in [4.78, 5) is 11.2. The number of Topliss-reactive ketones (excluding diaryl/α,β-unsaturated/α-hetero) is 1. The zero-order valence-electron chi connectivity index (χ0n) is 8.56. The van der Waals surface area contributed by atoms with E-state index in [1.165, 1.54) is 0 Å². The molecule has 0 radical (unpaired) electrons. The highest BCUT2D eigenvalue weighted by Crippen LogP contribution is 2.32. The zero-order valence-corrected chi connectivity index (χ0v) is 8.56. The first-order valence-electron chi connectivity index (χ1n) is 4.27. The summed E-state index contributed by atoms with van der Waals surface area (Å²) in [7, 11) is 0. The number of carbonyl (C=O) groups excluding carboxylic acids is 1. The lowest BCUT2D eigenvalue weighted by atomic mass is 9.72. The number of ketones is 1. The second-order valence-electron chi connectivity index (χ2n) is 4.70. The third kappa shape index (κ3) is 3.04. The van der Waals surface area contributed by atoms with E-state index < -0.39 is 0 Å². The lowest BCUT2D eigenvalue weighted by Crippen LogP contribution is -2.31. The minimum absolute atomic E-state index is 0.111. The fraction of sp³-hybridized carbons (Fsp3) is 0.900. The minimum Gasteiger partial charge on any atom is -0.300 e. The Morgan fingerprint density at radius 2 is 1.55 bits per heavy atom. The summed E-state index contributed by atoms with van der Waals surface area (Å²) in [5.74, 6) is 0.961. The minimum atomic E-state index is 0.111. The van der Waals surface area contributed by atoms with Gasteiger partial charge in [-0.3, -0.25) is 4.79 Å². The molecule has 0 aliphatic rings. The summed E-state index contributed by atoms with van der Waals surface area (Å²) in [6, 6.07) is 0. The second-order valence-corrected chi connectivity index (χ2v) is 4.70. The van der Waals surface area contributed by atoms with Crippen molar-refractivity contribution in [3.63, 3.8) is 0 Å². The van der Waals surface area contributed by atoms with Gasteiger partial charge in [-0.2, -0.15) is 0 Å². The van der Waals surface area contributed by atoms with Crippen molar-refractivity contribution in [2.75, 3.05) is 0 Å². The smallest absolute Gasteiger partial charge is 0.133 e. The Labute approximate surface area is 70.2 Å². The van der Waals surface area contributed by atoms with E-state index >= 15 is 0 Å². The molecular formula is C10H20O. The predicted octanol–water partition coefficient (Wildman–Crippen LogP) is 2.89. The van der Waals surface area contributed by atoms with Crippen LogP contribution in [-0.2, 0) is 4.79 Å². The first-order valence-corrected chi connectivity index (χ1v) is 4.27. The molecule has 0 heterocycles. The molecule has 0 aliphatic carbocycles. The first kappa shape index (κ1) is 10.7. The second kappa shape index (κ2) is 3.38. The molecular weight excluding hydrogens is 136 g/mol. The number of carbonyl (C=O) groups is 1. The Bertz CT molecular complexity index is 139. The van der Waals surface area contributed by atoms with Crippen molar-refractivity contribution in [2.45, 2.75) is 41.5 Å². The fourth-order valence-corrected chi connectivity index (χ4v) is 2.08. The highest BCUT2D eigenvalue weighted by Gasteiger charge is 2.30. The van der Waals surface area contributed by atoms with Gasteiger partial charge in [-0.15, -0.1) is 0 Å². The summed E-state index contributed by atoms with van der Waals surface area (Å²) < 4.78 is 0. The molecule has 1 nitrogen and oxygen atoms in total. The Balaban J connectivity index is 4.49. The van der Waals surface area contributed by atoms with Crippen molar-refractivity contribution in [3.8, 4) is 0 Å². The van der Waals surface area contributed by atoms with Crippen LogP contribution in [0.2, 0.25) is 0 Å². The van der Waals surface area contributed by atoms with Crippen LogP contribution in [0.4, 0.5) is 0 Å². The molecule has 11 heavy (non-hydrogen) atoms. The van der Waals surface area contributed by atoms with Crippen molar-refractivity contribution in [3.05, 3.63) is 0 Å². The van der Waals surface area contributed by atoms with E-state index in [-0.39, 0.29) is 11.3 Å². The van der Waals surface area contributed by atoms with Gasteiger partial charge in [-0.05, 0) is 18.3 Å². The van der Waals surface area contributed by atoms with Crippen LogP contribution in [0, 0.1) is 17.3 Å². The van der Waals surface area contributed by atoms with Gasteiger partial charge in [0, 0.05) is 5.92 Å². The van der Waals surface area contributed by atoms with Crippen LogP contribution in [0.15, 0.2) is 0 Å². The van der Waals surface area contributed by atoms with Gasteiger partial charge in [0.05, 0.1) is 0 Å². The largest absolute Gasteiger partial charge is 0.300 e. The third-order valence-corrected chi connectivity index (χ3v) is 2.04. The highest BCUT2D eigenvalue weighted by atomic mass is 16.1. The molecule has 0 fully saturated rings. The van der Waals surface area contributed by atoms with Gasteiger partial charge in [0.15, 0.2) is 0 Å². The van der Waals surface area contributed by atoms with Gasteiger partial charge in [0.2, 0.25) is 0 Å². The summed E-state index contributed by atoms with van der Waals surface area (Å²) in [6.45, 7) is 12.3. The molecule has 0 aromatic heterocycles. The van der Waals surface area contributed by atoms with Crippen LogP contribution in [0.25, 0.3) is 0 Å². The molecule has 0 aliphatic heterocycles. The number of hydrogen-bond donors (Lipinski definition) is 0. The fourth-order valence-electron chi connectivity index (χ4n) is 2.08. The first-order chi connectivity index (χ1) is 4.76. The molecule has 1 unspecified atom stereocenters. The van der Waals surface area contributed by atoms with Crippen LogP contribution >= 0.6 is 0 Å². The summed E-state index contributed by atoms with van der Waals surface area (Å²) in [5.41, 5.74) is 0.111. The van der Waals surface area contributed by atoms with E-state index in [1.54, 1.807) is 6.92 Å². The lowest BCUT2D eigenvalue weighted by molar-refractivity contribution is -0.125. The monoisotopic (exact) mass is 156 g/mol. The lowest BCUT2D eigenvalue weighted by Gasteiger charge is -2.31. The zero-order chi connectivity index (χ0) is 9.23. The number of hydrogen-bond acceptors (Lipinski definition) is 1. The van der Waals surface area contributed by atoms with Gasteiger partial charge in [-0.25, -0.2) is 0 Å². The Hall–Kier alpha value is -0.330. The van der Waals surface area contributed by atoms with Crippen LogP contribution < -0.4 is 0 Å². The Morgan fingerprint density at radius 3 is 1.55 bits per heavy atom. The molecule has 0 saturated heterocycles. The SMILES string of the molecule is CC(=O)C(C(C)C)C(C)(C)C. The van der Waals surface area contributed by atoms with E-state index in [2.05, 4.69) is 34.6 Å². The van der Waals surface area contributed by atoms with Crippen molar-refractivity contribution in [2.24, 2.45) is 17.3 Å². The molecule has 0 spiro atoms. The number of rotatable bonds is 2. The van der Waals surface area contributed by atoms with Crippen molar-refractivity contribution in [1.82, 2.24) is 0 Å². The van der Waals surface area contributed by atoms with Crippen molar-refractivity contribution in [1.29, 1.82) is 0 Å². The average Bonchev–Trinajstić information content (AvgIpc) is 1.54. The average molecular weight is 156 g/mol. The molecule has 1 atom stereocenters. The van der Waals surface area contributed by atoms with Crippen LogP contribution in [0.3, 0.4) is 0 Å². The molecule has 0 N–H and O–H groups in total. The maximum absolute atomic E-state index is 11.2. The van der Waals surface area contributed by atoms with Gasteiger partial charge in [0.1, 0.15) is 5.78 Å². The highest BCUT2D eigenvalue weighted by molar-refractivity contribution is 5.79. The Kier molecular flexibility index (Phi) is 3.28. The molecule has 0 aromatic rings. The van der Waals surface area contributed by atoms with Crippen molar-refractivity contribution >= 4 is 5.78 Å². The van der Waals surface area contributed by atoms with E-state index in [9.17, 15) is 4.79 Å². The van der Waals surface area contributed by atoms with Crippen molar-refractivity contribution < 1.29 is 4.79 Å². The molecule has 0 saturated carbocycles. The van der Waals surface area contributed by atoms with E-state index in [0.717, 1.165) is 0 Å². The van der Waals surface area contributed by atoms with Gasteiger partial charge in [0.25, 0.3) is 0 Å². The standard InChI is InChI=1S/C10H20O/c1-7(2)9(8(3)11)10(4,5)6/h7,9H,1-6H3. The summed E-state index contributed by atoms with van der Waals surface area (Å²) >= 11 is 0. The maximum Gasteiger partial charge on any atom is 0.133 e. The third-order valence-electron chi connectivity index (χ3n) is 2.04. The molecule has 1 heteroatoms. The normalized spacial score (nSPS) is 15.2.